The molecule has 29 heavy (non-hydrogen) atoms. The summed E-state index contributed by atoms with van der Waals surface area (Å²) in [4.78, 5) is 27.5. The first kappa shape index (κ1) is 21.2. The topological polar surface area (TPSA) is 101 Å². The second-order valence-corrected chi connectivity index (χ2v) is 7.12. The minimum atomic E-state index is -0.455. The minimum Gasteiger partial charge on any atom is -0.379 e. The number of hydrazine groups is 1. The Labute approximate surface area is 174 Å². The largest absolute Gasteiger partial charge is 0.379 e. The van der Waals surface area contributed by atoms with Crippen LogP contribution >= 0.6 is 12.2 Å². The van der Waals surface area contributed by atoms with Crippen LogP contribution in [0.15, 0.2) is 29.1 Å². The van der Waals surface area contributed by atoms with Gasteiger partial charge in [0.2, 0.25) is 0 Å². The summed E-state index contributed by atoms with van der Waals surface area (Å²) < 4.78 is 6.65. The molecule has 1 aromatic carbocycles. The van der Waals surface area contributed by atoms with Gasteiger partial charge in [0.05, 0.1) is 18.6 Å². The van der Waals surface area contributed by atoms with Gasteiger partial charge in [-0.15, -0.1) is 0 Å². The maximum absolute atomic E-state index is 12.7. The summed E-state index contributed by atoms with van der Waals surface area (Å²) >= 11 is 5.22. The molecule has 2 aromatic rings. The number of hydrogen-bond acceptors (Lipinski definition) is 6. The number of morpholine rings is 1. The van der Waals surface area contributed by atoms with E-state index in [1.165, 1.54) is 4.68 Å². The van der Waals surface area contributed by atoms with Gasteiger partial charge in [-0.3, -0.25) is 25.3 Å². The van der Waals surface area contributed by atoms with Crippen molar-refractivity contribution in [3.63, 3.8) is 0 Å². The van der Waals surface area contributed by atoms with Crippen LogP contribution in [0, 0.1) is 0 Å². The van der Waals surface area contributed by atoms with Gasteiger partial charge in [0.15, 0.2) is 10.8 Å². The third-order valence-electron chi connectivity index (χ3n) is 4.63. The first-order valence-corrected chi connectivity index (χ1v) is 10.1. The molecule has 1 saturated heterocycles. The first-order valence-electron chi connectivity index (χ1n) is 9.74. The molecule has 1 amide bonds. The molecule has 156 valence electrons. The van der Waals surface area contributed by atoms with Gasteiger partial charge in [0, 0.05) is 38.1 Å². The number of ether oxygens (including phenoxy) is 1. The highest BCUT2D eigenvalue weighted by Gasteiger charge is 2.16. The predicted molar refractivity (Wildman–Crippen MR) is 115 cm³/mol. The van der Waals surface area contributed by atoms with Crippen LogP contribution in [0.4, 0.5) is 0 Å². The number of amides is 1. The van der Waals surface area contributed by atoms with Crippen molar-refractivity contribution in [2.75, 3.05) is 39.4 Å². The second kappa shape index (κ2) is 10.3. The molecule has 1 aromatic heterocycles. The summed E-state index contributed by atoms with van der Waals surface area (Å²) in [6.07, 6.45) is 0.738. The molecule has 0 aliphatic carbocycles. The predicted octanol–water partition coefficient (Wildman–Crippen LogP) is 0.248. The van der Waals surface area contributed by atoms with Crippen LogP contribution in [0.2, 0.25) is 0 Å². The lowest BCUT2D eigenvalue weighted by atomic mass is 10.1. The fraction of sp³-hybridized carbons (Fsp3) is 0.474. The SMILES string of the molecule is CCCn1nc(C(=O)NNC(=S)NCCN2CCOCC2)c2ccccc2c1=O. The first-order chi connectivity index (χ1) is 14.1. The highest BCUT2D eigenvalue weighted by Crippen LogP contribution is 2.13. The van der Waals surface area contributed by atoms with Gasteiger partial charge >= 0.3 is 0 Å². The Morgan fingerprint density at radius 2 is 1.90 bits per heavy atom. The molecule has 1 aliphatic heterocycles. The molecule has 3 rings (SSSR count). The van der Waals surface area contributed by atoms with E-state index in [2.05, 4.69) is 26.2 Å². The number of carbonyl (C=O) groups excluding carboxylic acids is 1. The zero-order valence-corrected chi connectivity index (χ0v) is 17.3. The third kappa shape index (κ3) is 5.49. The molecule has 0 spiro atoms. The highest BCUT2D eigenvalue weighted by molar-refractivity contribution is 7.80. The lowest BCUT2D eigenvalue weighted by molar-refractivity contribution is 0.0389. The lowest BCUT2D eigenvalue weighted by Gasteiger charge is -2.26. The van der Waals surface area contributed by atoms with Crippen molar-refractivity contribution >= 4 is 34.0 Å². The Morgan fingerprint density at radius 3 is 2.62 bits per heavy atom. The standard InChI is InChI=1S/C19H26N6O3S/c1-2-8-25-18(27)15-6-4-3-5-14(15)16(23-25)17(26)21-22-19(29)20-7-9-24-10-12-28-13-11-24/h3-6H,2,7-13H2,1H3,(H,21,26)(H2,20,22,29). The van der Waals surface area contributed by atoms with E-state index in [0.29, 0.717) is 29.0 Å². The average molecular weight is 419 g/mol. The summed E-state index contributed by atoms with van der Waals surface area (Å²) in [6, 6.07) is 6.96. The van der Waals surface area contributed by atoms with Crippen LogP contribution in [0.3, 0.4) is 0 Å². The van der Waals surface area contributed by atoms with Crippen molar-refractivity contribution in [3.8, 4) is 0 Å². The average Bonchev–Trinajstić information content (AvgIpc) is 2.75. The van der Waals surface area contributed by atoms with E-state index in [4.69, 9.17) is 17.0 Å². The number of rotatable bonds is 6. The Morgan fingerprint density at radius 1 is 1.17 bits per heavy atom. The number of aryl methyl sites for hydroxylation is 1. The van der Waals surface area contributed by atoms with E-state index in [9.17, 15) is 9.59 Å². The lowest BCUT2D eigenvalue weighted by Crippen LogP contribution is -2.49. The van der Waals surface area contributed by atoms with Gasteiger partial charge in [-0.1, -0.05) is 25.1 Å². The number of hydrogen-bond donors (Lipinski definition) is 3. The number of carbonyl (C=O) groups is 1. The molecule has 0 radical (unpaired) electrons. The van der Waals surface area contributed by atoms with Crippen LogP contribution in [0.1, 0.15) is 23.8 Å². The van der Waals surface area contributed by atoms with Crippen LogP contribution in [-0.4, -0.2) is 65.1 Å². The van der Waals surface area contributed by atoms with Crippen molar-refractivity contribution in [1.82, 2.24) is 30.8 Å². The smallest absolute Gasteiger partial charge is 0.290 e. The quantitative estimate of drug-likeness (QED) is 0.453. The van der Waals surface area contributed by atoms with Gasteiger partial charge in [-0.2, -0.15) is 5.10 Å². The van der Waals surface area contributed by atoms with E-state index in [0.717, 1.165) is 39.3 Å². The zero-order valence-electron chi connectivity index (χ0n) is 16.4. The number of nitrogens with one attached hydrogen (secondary N) is 3. The van der Waals surface area contributed by atoms with Crippen LogP contribution in [0.5, 0.6) is 0 Å². The molecule has 0 atom stereocenters. The Hall–Kier alpha value is -2.56. The van der Waals surface area contributed by atoms with E-state index in [1.807, 2.05) is 6.92 Å². The summed E-state index contributed by atoms with van der Waals surface area (Å²) in [5.74, 6) is -0.455. The summed E-state index contributed by atoms with van der Waals surface area (Å²) in [7, 11) is 0. The molecular weight excluding hydrogens is 392 g/mol. The Bertz CT molecular complexity index is 926. The molecule has 1 aliphatic rings. The van der Waals surface area contributed by atoms with E-state index in [-0.39, 0.29) is 11.3 Å². The molecule has 2 heterocycles. The van der Waals surface area contributed by atoms with Crippen molar-refractivity contribution in [2.24, 2.45) is 0 Å². The highest BCUT2D eigenvalue weighted by atomic mass is 32.1. The summed E-state index contributed by atoms with van der Waals surface area (Å²) in [5.41, 5.74) is 5.24. The maximum Gasteiger partial charge on any atom is 0.290 e. The van der Waals surface area contributed by atoms with Gasteiger partial charge in [0.25, 0.3) is 11.5 Å². The van der Waals surface area contributed by atoms with Crippen molar-refractivity contribution in [1.29, 1.82) is 0 Å². The van der Waals surface area contributed by atoms with E-state index >= 15 is 0 Å². The number of aromatic nitrogens is 2. The van der Waals surface area contributed by atoms with Crippen molar-refractivity contribution in [2.45, 2.75) is 19.9 Å². The zero-order chi connectivity index (χ0) is 20.6. The molecule has 0 saturated carbocycles. The number of nitrogens with zero attached hydrogens (tertiary/aromatic N) is 3. The number of thiocarbonyl (C=S) groups is 1. The Balaban J connectivity index is 1.60. The van der Waals surface area contributed by atoms with Gasteiger partial charge in [-0.25, -0.2) is 4.68 Å². The minimum absolute atomic E-state index is 0.178. The monoisotopic (exact) mass is 418 g/mol. The summed E-state index contributed by atoms with van der Waals surface area (Å²) in [5, 5.41) is 8.62. The molecule has 10 heteroatoms. The van der Waals surface area contributed by atoms with Gasteiger partial charge in [0.1, 0.15) is 0 Å². The molecule has 1 fully saturated rings. The Kier molecular flexibility index (Phi) is 7.50. The maximum atomic E-state index is 12.7. The fourth-order valence-corrected chi connectivity index (χ4v) is 3.29. The van der Waals surface area contributed by atoms with Crippen molar-refractivity contribution in [3.05, 3.63) is 40.3 Å². The van der Waals surface area contributed by atoms with Gasteiger partial charge in [-0.05, 0) is 24.7 Å². The fourth-order valence-electron chi connectivity index (χ4n) is 3.14. The van der Waals surface area contributed by atoms with E-state index in [1.54, 1.807) is 24.3 Å². The normalized spacial score (nSPS) is 14.5. The molecule has 9 nitrogen and oxygen atoms in total. The van der Waals surface area contributed by atoms with Crippen LogP contribution in [0.25, 0.3) is 10.8 Å². The van der Waals surface area contributed by atoms with Crippen LogP contribution < -0.4 is 21.7 Å². The summed E-state index contributed by atoms with van der Waals surface area (Å²) in [6.45, 7) is 7.21. The molecular formula is C19H26N6O3S. The molecule has 0 bridgehead atoms. The van der Waals surface area contributed by atoms with Gasteiger partial charge < -0.3 is 10.1 Å². The molecule has 3 N–H and O–H groups in total. The third-order valence-corrected chi connectivity index (χ3v) is 4.87. The number of fused-ring (bicyclic) bond motifs is 1. The number of benzene rings is 1. The second-order valence-electron chi connectivity index (χ2n) is 6.71. The van der Waals surface area contributed by atoms with Crippen molar-refractivity contribution < 1.29 is 9.53 Å². The molecule has 0 unspecified atom stereocenters. The van der Waals surface area contributed by atoms with Crippen LogP contribution in [-0.2, 0) is 11.3 Å². The van der Waals surface area contributed by atoms with E-state index < -0.39 is 5.91 Å².